The van der Waals surface area contributed by atoms with Crippen molar-refractivity contribution in [2.75, 3.05) is 6.54 Å². The number of sulfonamides is 1. The SMILES string of the molecule is CCNCc1cc(S(=O)(=O)NC(CC)CC)c(Br)s1. The van der Waals surface area contributed by atoms with Gasteiger partial charge < -0.3 is 5.32 Å². The van der Waals surface area contributed by atoms with E-state index in [0.717, 1.165) is 24.3 Å². The Hall–Kier alpha value is 0.0500. The number of hydrogen-bond donors (Lipinski definition) is 2. The van der Waals surface area contributed by atoms with Crippen LogP contribution in [0.15, 0.2) is 14.7 Å². The third-order valence-electron chi connectivity index (χ3n) is 2.85. The van der Waals surface area contributed by atoms with Crippen molar-refractivity contribution in [2.24, 2.45) is 0 Å². The highest BCUT2D eigenvalue weighted by molar-refractivity contribution is 9.11. The lowest BCUT2D eigenvalue weighted by Gasteiger charge is -2.14. The monoisotopic (exact) mass is 368 g/mol. The zero-order valence-electron chi connectivity index (χ0n) is 11.5. The first-order valence-corrected chi connectivity index (χ1v) is 9.55. The smallest absolute Gasteiger partial charge is 0.242 e. The molecule has 0 aliphatic carbocycles. The first kappa shape index (κ1) is 17.1. The van der Waals surface area contributed by atoms with Gasteiger partial charge in [0.25, 0.3) is 0 Å². The van der Waals surface area contributed by atoms with Crippen LogP contribution in [-0.2, 0) is 16.6 Å². The third-order valence-corrected chi connectivity index (χ3v) is 6.63. The molecule has 0 unspecified atom stereocenters. The molecule has 0 aliphatic rings. The zero-order chi connectivity index (χ0) is 14.5. The maximum absolute atomic E-state index is 12.3. The normalized spacial score (nSPS) is 12.3. The highest BCUT2D eigenvalue weighted by Crippen LogP contribution is 2.31. The summed E-state index contributed by atoms with van der Waals surface area (Å²) in [5.74, 6) is 0. The summed E-state index contributed by atoms with van der Waals surface area (Å²) in [6, 6.07) is 1.73. The molecular formula is C12H21BrN2O2S2. The Morgan fingerprint density at radius 1 is 1.32 bits per heavy atom. The Kier molecular flexibility index (Phi) is 6.96. The van der Waals surface area contributed by atoms with Gasteiger partial charge in [-0.1, -0.05) is 20.8 Å². The average Bonchev–Trinajstić information content (AvgIpc) is 2.75. The summed E-state index contributed by atoms with van der Waals surface area (Å²) in [5.41, 5.74) is 0. The summed E-state index contributed by atoms with van der Waals surface area (Å²) in [6.07, 6.45) is 1.59. The quantitative estimate of drug-likeness (QED) is 0.740. The van der Waals surface area contributed by atoms with Crippen molar-refractivity contribution in [2.45, 2.75) is 51.1 Å². The first-order chi connectivity index (χ1) is 8.94. The van der Waals surface area contributed by atoms with Crippen molar-refractivity contribution in [1.29, 1.82) is 0 Å². The Labute approximate surface area is 128 Å². The summed E-state index contributed by atoms with van der Waals surface area (Å²) < 4.78 is 28.0. The Morgan fingerprint density at radius 3 is 2.47 bits per heavy atom. The number of halogens is 1. The van der Waals surface area contributed by atoms with Gasteiger partial charge in [0.15, 0.2) is 0 Å². The molecular weight excluding hydrogens is 348 g/mol. The standard InChI is InChI=1S/C12H21BrN2O2S2/c1-4-9(5-2)15-19(16,17)11-7-10(8-14-6-3)18-12(11)13/h7,9,14-15H,4-6,8H2,1-3H3. The lowest BCUT2D eigenvalue weighted by atomic mass is 10.2. The highest BCUT2D eigenvalue weighted by Gasteiger charge is 2.23. The predicted octanol–water partition coefficient (Wildman–Crippen LogP) is 3.09. The molecule has 1 aromatic rings. The maximum Gasteiger partial charge on any atom is 0.242 e. The Bertz CT molecular complexity index is 496. The van der Waals surface area contributed by atoms with Gasteiger partial charge in [0.2, 0.25) is 10.0 Å². The van der Waals surface area contributed by atoms with Crippen LogP contribution in [0.3, 0.4) is 0 Å². The second-order valence-corrected chi connectivity index (χ2v) is 8.40. The van der Waals surface area contributed by atoms with Crippen LogP contribution in [0.1, 0.15) is 38.5 Å². The van der Waals surface area contributed by atoms with E-state index in [9.17, 15) is 8.42 Å². The van der Waals surface area contributed by atoms with E-state index in [1.807, 2.05) is 20.8 Å². The second-order valence-electron chi connectivity index (χ2n) is 4.27. The van der Waals surface area contributed by atoms with Crippen LogP contribution in [0, 0.1) is 0 Å². The van der Waals surface area contributed by atoms with E-state index in [4.69, 9.17) is 0 Å². The molecule has 110 valence electrons. The van der Waals surface area contributed by atoms with E-state index < -0.39 is 10.0 Å². The molecule has 0 saturated carbocycles. The minimum absolute atomic E-state index is 0.00554. The van der Waals surface area contributed by atoms with Crippen LogP contribution >= 0.6 is 27.3 Å². The molecule has 1 rings (SSSR count). The van der Waals surface area contributed by atoms with Crippen molar-refractivity contribution in [3.63, 3.8) is 0 Å². The average molecular weight is 369 g/mol. The van der Waals surface area contributed by atoms with Gasteiger partial charge in [-0.25, -0.2) is 13.1 Å². The molecule has 19 heavy (non-hydrogen) atoms. The second kappa shape index (κ2) is 7.73. The van der Waals surface area contributed by atoms with E-state index in [1.54, 1.807) is 6.07 Å². The molecule has 0 saturated heterocycles. The fraction of sp³-hybridized carbons (Fsp3) is 0.667. The van der Waals surface area contributed by atoms with E-state index in [1.165, 1.54) is 11.3 Å². The molecule has 2 N–H and O–H groups in total. The number of thiophene rings is 1. The van der Waals surface area contributed by atoms with E-state index in [0.29, 0.717) is 15.2 Å². The van der Waals surface area contributed by atoms with Crippen LogP contribution in [0.25, 0.3) is 0 Å². The minimum Gasteiger partial charge on any atom is -0.312 e. The lowest BCUT2D eigenvalue weighted by Crippen LogP contribution is -2.33. The van der Waals surface area contributed by atoms with E-state index >= 15 is 0 Å². The molecule has 0 aliphatic heterocycles. The predicted molar refractivity (Wildman–Crippen MR) is 84.1 cm³/mol. The van der Waals surface area contributed by atoms with Crippen molar-refractivity contribution >= 4 is 37.3 Å². The molecule has 0 bridgehead atoms. The minimum atomic E-state index is -3.43. The van der Waals surface area contributed by atoms with Crippen LogP contribution in [0.4, 0.5) is 0 Å². The zero-order valence-corrected chi connectivity index (χ0v) is 14.7. The van der Waals surface area contributed by atoms with E-state index in [2.05, 4.69) is 26.0 Å². The summed E-state index contributed by atoms with van der Waals surface area (Å²) in [6.45, 7) is 7.55. The largest absolute Gasteiger partial charge is 0.312 e. The van der Waals surface area contributed by atoms with Gasteiger partial charge in [-0.15, -0.1) is 11.3 Å². The third kappa shape index (κ3) is 4.82. The molecule has 1 aromatic heterocycles. The molecule has 1 heterocycles. The summed E-state index contributed by atoms with van der Waals surface area (Å²) >= 11 is 4.81. The molecule has 0 fully saturated rings. The van der Waals surface area contributed by atoms with Crippen molar-refractivity contribution in [3.05, 3.63) is 14.7 Å². The number of rotatable bonds is 8. The maximum atomic E-state index is 12.3. The van der Waals surface area contributed by atoms with Gasteiger partial charge in [0.1, 0.15) is 4.90 Å². The van der Waals surface area contributed by atoms with Gasteiger partial charge in [-0.2, -0.15) is 0 Å². The van der Waals surface area contributed by atoms with Crippen LogP contribution in [0.2, 0.25) is 0 Å². The fourth-order valence-corrected chi connectivity index (χ4v) is 5.71. The van der Waals surface area contributed by atoms with Crippen molar-refractivity contribution in [1.82, 2.24) is 10.0 Å². The molecule has 0 aromatic carbocycles. The van der Waals surface area contributed by atoms with Gasteiger partial charge in [-0.05, 0) is 41.4 Å². The number of nitrogens with one attached hydrogen (secondary N) is 2. The van der Waals surface area contributed by atoms with Crippen molar-refractivity contribution < 1.29 is 8.42 Å². The summed E-state index contributed by atoms with van der Waals surface area (Å²) in [4.78, 5) is 1.36. The lowest BCUT2D eigenvalue weighted by molar-refractivity contribution is 0.530. The van der Waals surface area contributed by atoms with Crippen LogP contribution in [-0.4, -0.2) is 21.0 Å². The molecule has 0 atom stereocenters. The molecule has 0 amide bonds. The fourth-order valence-electron chi connectivity index (χ4n) is 1.65. The topological polar surface area (TPSA) is 58.2 Å². The molecule has 0 radical (unpaired) electrons. The van der Waals surface area contributed by atoms with Crippen LogP contribution in [0.5, 0.6) is 0 Å². The Balaban J connectivity index is 2.91. The first-order valence-electron chi connectivity index (χ1n) is 6.45. The van der Waals surface area contributed by atoms with Gasteiger partial charge in [0, 0.05) is 17.5 Å². The van der Waals surface area contributed by atoms with Gasteiger partial charge >= 0.3 is 0 Å². The summed E-state index contributed by atoms with van der Waals surface area (Å²) in [5, 5.41) is 3.19. The number of hydrogen-bond acceptors (Lipinski definition) is 4. The van der Waals surface area contributed by atoms with Crippen LogP contribution < -0.4 is 10.0 Å². The molecule has 7 heteroatoms. The summed E-state index contributed by atoms with van der Waals surface area (Å²) in [7, 11) is -3.43. The van der Waals surface area contributed by atoms with Crippen molar-refractivity contribution in [3.8, 4) is 0 Å². The molecule has 0 spiro atoms. The highest BCUT2D eigenvalue weighted by atomic mass is 79.9. The van der Waals surface area contributed by atoms with E-state index in [-0.39, 0.29) is 6.04 Å². The van der Waals surface area contributed by atoms with Gasteiger partial charge in [-0.3, -0.25) is 0 Å². The van der Waals surface area contributed by atoms with Gasteiger partial charge in [0.05, 0.1) is 3.79 Å². The molecule has 4 nitrogen and oxygen atoms in total. The Morgan fingerprint density at radius 2 is 1.95 bits per heavy atom.